The molecule has 1 aromatic carbocycles. The lowest BCUT2D eigenvalue weighted by Crippen LogP contribution is -2.17. The highest BCUT2D eigenvalue weighted by Gasteiger charge is 2.10. The van der Waals surface area contributed by atoms with Gasteiger partial charge in [0, 0.05) is 31.4 Å². The SMILES string of the molecule is CC(C)CN(C)C.CCn1c(CCc2cccnc2)nc2cc(/C=C/C(=O)NO)ccc21. The minimum absolute atomic E-state index is 0.559. The molecule has 0 fully saturated rings. The number of hydroxylamine groups is 1. The van der Waals surface area contributed by atoms with Crippen molar-refractivity contribution < 1.29 is 10.0 Å². The molecule has 2 heterocycles. The first-order chi connectivity index (χ1) is 15.3. The number of pyridine rings is 1. The highest BCUT2D eigenvalue weighted by molar-refractivity contribution is 5.91. The number of nitrogens with one attached hydrogen (secondary N) is 1. The van der Waals surface area contributed by atoms with Crippen LogP contribution in [-0.2, 0) is 24.2 Å². The molecule has 172 valence electrons. The van der Waals surface area contributed by atoms with Crippen molar-refractivity contribution in [1.82, 2.24) is 24.9 Å². The van der Waals surface area contributed by atoms with Crippen molar-refractivity contribution in [3.8, 4) is 0 Å². The van der Waals surface area contributed by atoms with Crippen LogP contribution in [0.3, 0.4) is 0 Å². The number of hydrogen-bond acceptors (Lipinski definition) is 5. The lowest BCUT2D eigenvalue weighted by Gasteiger charge is -2.10. The predicted octanol–water partition coefficient (Wildman–Crippen LogP) is 3.96. The number of amides is 1. The zero-order chi connectivity index (χ0) is 23.5. The topological polar surface area (TPSA) is 83.3 Å². The van der Waals surface area contributed by atoms with Crippen molar-refractivity contribution in [1.29, 1.82) is 0 Å². The third-order valence-corrected chi connectivity index (χ3v) is 4.80. The fourth-order valence-electron chi connectivity index (χ4n) is 3.59. The maximum atomic E-state index is 11.1. The zero-order valence-corrected chi connectivity index (χ0v) is 19.7. The number of carbonyl (C=O) groups is 1. The van der Waals surface area contributed by atoms with Gasteiger partial charge in [-0.2, -0.15) is 0 Å². The molecule has 0 saturated heterocycles. The highest BCUT2D eigenvalue weighted by Crippen LogP contribution is 2.20. The Hall–Kier alpha value is -3.03. The Morgan fingerprint density at radius 2 is 2.03 bits per heavy atom. The van der Waals surface area contributed by atoms with Crippen LogP contribution in [0.4, 0.5) is 0 Å². The van der Waals surface area contributed by atoms with Crippen LogP contribution >= 0.6 is 0 Å². The van der Waals surface area contributed by atoms with Crippen molar-refractivity contribution in [2.24, 2.45) is 5.92 Å². The quantitative estimate of drug-likeness (QED) is 0.317. The van der Waals surface area contributed by atoms with Crippen LogP contribution in [-0.4, -0.2) is 51.2 Å². The molecule has 0 atom stereocenters. The van der Waals surface area contributed by atoms with Crippen molar-refractivity contribution in [2.75, 3.05) is 20.6 Å². The molecule has 7 nitrogen and oxygen atoms in total. The predicted molar refractivity (Wildman–Crippen MR) is 129 cm³/mol. The molecule has 3 aromatic rings. The van der Waals surface area contributed by atoms with Gasteiger partial charge < -0.3 is 9.47 Å². The zero-order valence-electron chi connectivity index (χ0n) is 19.7. The van der Waals surface area contributed by atoms with E-state index in [0.29, 0.717) is 0 Å². The molecule has 0 unspecified atom stereocenters. The summed E-state index contributed by atoms with van der Waals surface area (Å²) in [5.74, 6) is 1.28. The van der Waals surface area contributed by atoms with Crippen LogP contribution < -0.4 is 5.48 Å². The molecule has 0 aliphatic rings. The molecule has 0 spiro atoms. The first-order valence-corrected chi connectivity index (χ1v) is 11.0. The third kappa shape index (κ3) is 7.90. The Bertz CT molecular complexity index is 1000. The van der Waals surface area contributed by atoms with E-state index in [1.54, 1.807) is 17.8 Å². The van der Waals surface area contributed by atoms with Gasteiger partial charge in [0.25, 0.3) is 5.91 Å². The number of fused-ring (bicyclic) bond motifs is 1. The number of rotatable bonds is 8. The Kier molecular flexibility index (Phi) is 10.0. The molecular formula is C25H35N5O2. The summed E-state index contributed by atoms with van der Waals surface area (Å²) in [5, 5.41) is 8.54. The van der Waals surface area contributed by atoms with Gasteiger partial charge in [0.1, 0.15) is 5.82 Å². The van der Waals surface area contributed by atoms with Gasteiger partial charge in [0.15, 0.2) is 0 Å². The smallest absolute Gasteiger partial charge is 0.267 e. The maximum absolute atomic E-state index is 11.1. The molecule has 3 rings (SSSR count). The molecular weight excluding hydrogens is 402 g/mol. The standard InChI is InChI=1S/C19H20N4O2.C6H15N/c1-2-23-17-8-5-14(7-10-19(24)22-25)12-16(17)21-18(23)9-6-15-4-3-11-20-13-15;1-6(2)5-7(3)4/h3-5,7-8,10-13,25H,2,6,9H2,1H3,(H,22,24);6H,5H2,1-4H3/b10-7+;. The van der Waals surface area contributed by atoms with Gasteiger partial charge >= 0.3 is 0 Å². The van der Waals surface area contributed by atoms with E-state index in [-0.39, 0.29) is 0 Å². The normalized spacial score (nSPS) is 11.2. The molecule has 0 aliphatic heterocycles. The molecule has 2 aromatic heterocycles. The van der Waals surface area contributed by atoms with E-state index in [9.17, 15) is 4.79 Å². The number of aryl methyl sites for hydroxylation is 3. The fraction of sp³-hybridized carbons (Fsp3) is 0.400. The van der Waals surface area contributed by atoms with Gasteiger partial charge in [-0.05, 0) is 75.3 Å². The van der Waals surface area contributed by atoms with E-state index in [2.05, 4.69) is 55.4 Å². The molecule has 0 saturated carbocycles. The van der Waals surface area contributed by atoms with E-state index in [0.717, 1.165) is 47.7 Å². The number of benzene rings is 1. The van der Waals surface area contributed by atoms with Crippen molar-refractivity contribution in [2.45, 2.75) is 40.2 Å². The Morgan fingerprint density at radius 1 is 1.25 bits per heavy atom. The van der Waals surface area contributed by atoms with E-state index < -0.39 is 5.91 Å². The first-order valence-electron chi connectivity index (χ1n) is 11.0. The Balaban J connectivity index is 0.000000451. The second-order valence-corrected chi connectivity index (χ2v) is 8.35. The van der Waals surface area contributed by atoms with Gasteiger partial charge in [-0.15, -0.1) is 0 Å². The summed E-state index contributed by atoms with van der Waals surface area (Å²) in [5.41, 5.74) is 5.60. The van der Waals surface area contributed by atoms with Gasteiger partial charge in [-0.3, -0.25) is 15.0 Å². The molecule has 2 N–H and O–H groups in total. The maximum Gasteiger partial charge on any atom is 0.267 e. The number of nitrogens with zero attached hydrogens (tertiary/aromatic N) is 4. The summed E-state index contributed by atoms with van der Waals surface area (Å²) >= 11 is 0. The summed E-state index contributed by atoms with van der Waals surface area (Å²) in [6, 6.07) is 9.90. The van der Waals surface area contributed by atoms with Gasteiger partial charge in [-0.1, -0.05) is 26.0 Å². The molecule has 0 radical (unpaired) electrons. The van der Waals surface area contributed by atoms with E-state index >= 15 is 0 Å². The van der Waals surface area contributed by atoms with Crippen molar-refractivity contribution in [3.05, 3.63) is 65.8 Å². The number of hydrogen-bond donors (Lipinski definition) is 2. The third-order valence-electron chi connectivity index (χ3n) is 4.80. The average molecular weight is 438 g/mol. The van der Waals surface area contributed by atoms with Crippen LogP contribution in [0.25, 0.3) is 17.1 Å². The number of imidazole rings is 1. The monoisotopic (exact) mass is 437 g/mol. The Labute approximate surface area is 190 Å². The van der Waals surface area contributed by atoms with Crippen molar-refractivity contribution in [3.63, 3.8) is 0 Å². The molecule has 0 bridgehead atoms. The van der Waals surface area contributed by atoms with Crippen LogP contribution in [0.1, 0.15) is 37.7 Å². The second-order valence-electron chi connectivity index (χ2n) is 8.35. The van der Waals surface area contributed by atoms with Crippen LogP contribution in [0.5, 0.6) is 0 Å². The lowest BCUT2D eigenvalue weighted by molar-refractivity contribution is -0.124. The number of aromatic nitrogens is 3. The van der Waals surface area contributed by atoms with Crippen LogP contribution in [0, 0.1) is 5.92 Å². The van der Waals surface area contributed by atoms with Gasteiger partial charge in [-0.25, -0.2) is 10.5 Å². The average Bonchev–Trinajstić information content (AvgIpc) is 3.12. The lowest BCUT2D eigenvalue weighted by atomic mass is 10.1. The highest BCUT2D eigenvalue weighted by atomic mass is 16.5. The van der Waals surface area contributed by atoms with Crippen LogP contribution in [0.15, 0.2) is 48.8 Å². The second kappa shape index (κ2) is 12.7. The molecule has 0 aliphatic carbocycles. The summed E-state index contributed by atoms with van der Waals surface area (Å²) in [7, 11) is 4.19. The minimum Gasteiger partial charge on any atom is -0.328 e. The van der Waals surface area contributed by atoms with E-state index in [4.69, 9.17) is 10.2 Å². The van der Waals surface area contributed by atoms with Crippen LogP contribution in [0.2, 0.25) is 0 Å². The molecule has 1 amide bonds. The summed E-state index contributed by atoms with van der Waals surface area (Å²) < 4.78 is 2.21. The Morgan fingerprint density at radius 3 is 2.59 bits per heavy atom. The summed E-state index contributed by atoms with van der Waals surface area (Å²) in [4.78, 5) is 22.2. The van der Waals surface area contributed by atoms with Crippen molar-refractivity contribution >= 4 is 23.0 Å². The molecule has 32 heavy (non-hydrogen) atoms. The van der Waals surface area contributed by atoms with Gasteiger partial charge in [0.05, 0.1) is 11.0 Å². The van der Waals surface area contributed by atoms with E-state index in [1.807, 2.05) is 30.5 Å². The largest absolute Gasteiger partial charge is 0.328 e. The van der Waals surface area contributed by atoms with Gasteiger partial charge in [0.2, 0.25) is 0 Å². The summed E-state index contributed by atoms with van der Waals surface area (Å²) in [6.07, 6.45) is 8.31. The minimum atomic E-state index is -0.559. The first kappa shape index (κ1) is 25.2. The number of carbonyl (C=O) groups excluding carboxylic acids is 1. The fourth-order valence-corrected chi connectivity index (χ4v) is 3.59. The van der Waals surface area contributed by atoms with E-state index in [1.165, 1.54) is 18.2 Å². The molecule has 7 heteroatoms. The summed E-state index contributed by atoms with van der Waals surface area (Å²) in [6.45, 7) is 8.59.